The van der Waals surface area contributed by atoms with E-state index < -0.39 is 113 Å². The number of rotatable bonds is 10. The normalized spacial score (nSPS) is 31.9. The Labute approximate surface area is 358 Å². The van der Waals surface area contributed by atoms with E-state index in [1.165, 1.54) is 26.0 Å². The maximum atomic E-state index is 15.5. The van der Waals surface area contributed by atoms with Gasteiger partial charge in [-0.15, -0.1) is 0 Å². The molecule has 1 amide bonds. The van der Waals surface area contributed by atoms with Crippen molar-refractivity contribution in [3.05, 3.63) is 119 Å². The smallest absolute Gasteiger partial charge is 0.338 e. The predicted molar refractivity (Wildman–Crippen MR) is 218 cm³/mol. The van der Waals surface area contributed by atoms with E-state index in [0.29, 0.717) is 5.56 Å². The van der Waals surface area contributed by atoms with Crippen molar-refractivity contribution in [2.45, 2.75) is 108 Å². The monoisotopic (exact) mass is 853 g/mol. The van der Waals surface area contributed by atoms with Crippen molar-refractivity contribution >= 4 is 35.6 Å². The number of nitrogens with one attached hydrogen (secondary N) is 1. The molecule has 2 bridgehead atoms. The number of benzene rings is 3. The van der Waals surface area contributed by atoms with Crippen LogP contribution in [-0.4, -0.2) is 105 Å². The zero-order chi connectivity index (χ0) is 44.9. The van der Waals surface area contributed by atoms with Crippen LogP contribution in [0.2, 0.25) is 0 Å². The number of ether oxygens (including phenoxy) is 5. The molecule has 5 unspecified atom stereocenters. The average molecular weight is 854 g/mol. The van der Waals surface area contributed by atoms with Gasteiger partial charge in [-0.05, 0) is 54.8 Å². The van der Waals surface area contributed by atoms with Gasteiger partial charge in [0.25, 0.3) is 5.91 Å². The Morgan fingerprint density at radius 2 is 1.40 bits per heavy atom. The summed E-state index contributed by atoms with van der Waals surface area (Å²) in [6.45, 7) is 7.97. The molecule has 0 aromatic heterocycles. The molecular formula is C47H51NO14. The van der Waals surface area contributed by atoms with Gasteiger partial charge in [-0.2, -0.15) is 0 Å². The fourth-order valence-corrected chi connectivity index (χ4v) is 10.2. The third-order valence-electron chi connectivity index (χ3n) is 13.5. The average Bonchev–Trinajstić information content (AvgIpc) is 3.24. The molecular weight excluding hydrogens is 803 g/mol. The number of aliphatic hydroxyl groups excluding tert-OH is 2. The third-order valence-corrected chi connectivity index (χ3v) is 13.5. The number of carbonyl (C=O) groups is 6. The first-order chi connectivity index (χ1) is 29.3. The van der Waals surface area contributed by atoms with E-state index in [4.69, 9.17) is 23.7 Å². The molecule has 3 fully saturated rings. The van der Waals surface area contributed by atoms with Crippen molar-refractivity contribution in [1.82, 2.24) is 5.32 Å². The summed E-state index contributed by atoms with van der Waals surface area (Å²) in [6, 6.07) is 22.9. The highest BCUT2D eigenvalue weighted by Gasteiger charge is 2.78. The molecule has 328 valence electrons. The largest absolute Gasteiger partial charge is 0.456 e. The SMILES string of the molecule is CC(=O)O[C@H]1C(=O)[C@@]2(C)C(O)C[C@H]3OC[C@@]3(OC(C)=O)C2[C@@H](OC(=O)c2ccccc2)C2(O)C[C@H](OC(=O)C(O)C(NC(=O)c3ccccc3)c3ccccc3)C(C)=C1C2(C)C. The van der Waals surface area contributed by atoms with Gasteiger partial charge in [-0.25, -0.2) is 9.59 Å². The Balaban J connectivity index is 1.39. The number of amides is 1. The molecule has 4 N–H and O–H groups in total. The van der Waals surface area contributed by atoms with E-state index in [0.717, 1.165) is 13.8 Å². The summed E-state index contributed by atoms with van der Waals surface area (Å²) in [7, 11) is 0. The molecule has 1 heterocycles. The summed E-state index contributed by atoms with van der Waals surface area (Å²) in [4.78, 5) is 83.5. The number of fused-ring (bicyclic) bond motifs is 5. The number of hydrogen-bond donors (Lipinski definition) is 4. The first-order valence-corrected chi connectivity index (χ1v) is 20.5. The van der Waals surface area contributed by atoms with Crippen molar-refractivity contribution in [3.8, 4) is 0 Å². The minimum atomic E-state index is -2.39. The van der Waals surface area contributed by atoms with E-state index in [2.05, 4.69) is 5.32 Å². The van der Waals surface area contributed by atoms with Gasteiger partial charge in [0.05, 0.1) is 35.6 Å². The van der Waals surface area contributed by atoms with Gasteiger partial charge in [0.15, 0.2) is 23.6 Å². The second kappa shape index (κ2) is 16.5. The molecule has 1 aliphatic heterocycles. The Kier molecular flexibility index (Phi) is 11.8. The fraction of sp³-hybridized carbons (Fsp3) is 0.447. The number of esters is 4. The lowest BCUT2D eigenvalue weighted by Gasteiger charge is -2.67. The van der Waals surface area contributed by atoms with Gasteiger partial charge in [0.1, 0.15) is 23.9 Å². The predicted octanol–water partition coefficient (Wildman–Crippen LogP) is 3.74. The zero-order valence-corrected chi connectivity index (χ0v) is 35.2. The summed E-state index contributed by atoms with van der Waals surface area (Å²) in [6.07, 6.45) is -10.5. The highest BCUT2D eigenvalue weighted by atomic mass is 16.6. The molecule has 4 aliphatic rings. The lowest BCUT2D eigenvalue weighted by atomic mass is 9.44. The van der Waals surface area contributed by atoms with Gasteiger partial charge in [-0.1, -0.05) is 80.6 Å². The summed E-state index contributed by atoms with van der Waals surface area (Å²) in [5.41, 5.74) is -7.02. The molecule has 15 heteroatoms. The van der Waals surface area contributed by atoms with Crippen LogP contribution in [-0.2, 0) is 42.9 Å². The number of ketones is 1. The molecule has 11 atom stereocenters. The van der Waals surface area contributed by atoms with Crippen LogP contribution in [0.5, 0.6) is 0 Å². The third kappa shape index (κ3) is 7.29. The Morgan fingerprint density at radius 1 is 0.823 bits per heavy atom. The van der Waals surface area contributed by atoms with Crippen LogP contribution >= 0.6 is 0 Å². The molecule has 2 saturated carbocycles. The summed E-state index contributed by atoms with van der Waals surface area (Å²) in [5.74, 6) is -6.84. The van der Waals surface area contributed by atoms with Crippen LogP contribution in [0.1, 0.15) is 86.7 Å². The highest BCUT2D eigenvalue weighted by Crippen LogP contribution is 2.64. The number of Topliss-reactive ketones (excluding diaryl/α,β-unsaturated/α-hetero) is 1. The molecule has 7 rings (SSSR count). The van der Waals surface area contributed by atoms with Crippen molar-refractivity contribution in [2.75, 3.05) is 6.61 Å². The van der Waals surface area contributed by atoms with Crippen LogP contribution in [0.4, 0.5) is 0 Å². The van der Waals surface area contributed by atoms with Gasteiger partial charge in [-0.3, -0.25) is 19.2 Å². The zero-order valence-electron chi connectivity index (χ0n) is 35.2. The van der Waals surface area contributed by atoms with Gasteiger partial charge >= 0.3 is 23.9 Å². The lowest BCUT2D eigenvalue weighted by Crippen LogP contribution is -2.82. The van der Waals surface area contributed by atoms with Crippen molar-refractivity contribution in [2.24, 2.45) is 16.7 Å². The Bertz CT molecular complexity index is 2280. The molecule has 0 spiro atoms. The number of carbonyl (C=O) groups excluding carboxylic acids is 6. The van der Waals surface area contributed by atoms with E-state index in [1.54, 1.807) is 92.7 Å². The second-order valence-electron chi connectivity index (χ2n) is 17.4. The summed E-state index contributed by atoms with van der Waals surface area (Å²) in [5, 5.41) is 40.2. The summed E-state index contributed by atoms with van der Waals surface area (Å²) >= 11 is 0. The maximum absolute atomic E-state index is 15.5. The molecule has 3 aromatic rings. The van der Waals surface area contributed by atoms with Crippen molar-refractivity contribution < 1.29 is 67.8 Å². The van der Waals surface area contributed by atoms with Gasteiger partial charge in [0, 0.05) is 37.7 Å². The van der Waals surface area contributed by atoms with E-state index in [1.807, 2.05) is 0 Å². The van der Waals surface area contributed by atoms with Crippen molar-refractivity contribution in [1.29, 1.82) is 0 Å². The molecule has 15 nitrogen and oxygen atoms in total. The van der Waals surface area contributed by atoms with Gasteiger partial charge in [0.2, 0.25) is 0 Å². The topological polar surface area (TPSA) is 221 Å². The lowest BCUT2D eigenvalue weighted by molar-refractivity contribution is -0.346. The van der Waals surface area contributed by atoms with Gasteiger partial charge < -0.3 is 44.3 Å². The summed E-state index contributed by atoms with van der Waals surface area (Å²) < 4.78 is 30.3. The van der Waals surface area contributed by atoms with E-state index in [9.17, 15) is 39.3 Å². The highest BCUT2D eigenvalue weighted by molar-refractivity contribution is 5.96. The van der Waals surface area contributed by atoms with E-state index >= 15 is 4.79 Å². The van der Waals surface area contributed by atoms with Crippen molar-refractivity contribution in [3.63, 3.8) is 0 Å². The maximum Gasteiger partial charge on any atom is 0.338 e. The first kappa shape index (κ1) is 44.3. The van der Waals surface area contributed by atoms with E-state index in [-0.39, 0.29) is 35.3 Å². The van der Waals surface area contributed by atoms with Crippen LogP contribution in [0.3, 0.4) is 0 Å². The number of hydrogen-bond acceptors (Lipinski definition) is 14. The van der Waals surface area contributed by atoms with Crippen LogP contribution in [0.25, 0.3) is 0 Å². The minimum absolute atomic E-state index is 0.00289. The number of aliphatic hydroxyl groups is 3. The second-order valence-corrected chi connectivity index (χ2v) is 17.4. The van der Waals surface area contributed by atoms with Crippen LogP contribution in [0.15, 0.2) is 102 Å². The minimum Gasteiger partial charge on any atom is -0.456 e. The quantitative estimate of drug-likeness (QED) is 0.130. The van der Waals surface area contributed by atoms with Crippen LogP contribution < -0.4 is 5.32 Å². The fourth-order valence-electron chi connectivity index (χ4n) is 10.2. The Hall–Kier alpha value is -5.74. The standard InChI is InChI=1S/C47H51NO14/c1-25-31(60-43(56)36(52)35(28-16-10-7-11-17-28)48-41(54)29-18-12-8-13-19-29)23-47(57)40(61-42(55)30-20-14-9-15-21-30)38-45(6,32(51)22-33-46(38,24-58-33)62-27(3)50)39(53)37(59-26(2)49)34(25)44(47,4)5/h7-21,31-33,35-38,40,51-52,57H,22-24H2,1-6H3,(H,48,54)/t31-,32?,33+,35?,36?,37+,38?,40+,45-,46-,47?/m0/s1. The Morgan fingerprint density at radius 3 is 1.95 bits per heavy atom. The molecule has 1 saturated heterocycles. The molecule has 3 aliphatic carbocycles. The van der Waals surface area contributed by atoms with Crippen LogP contribution in [0, 0.1) is 16.7 Å². The molecule has 3 aromatic carbocycles. The molecule has 0 radical (unpaired) electrons. The first-order valence-electron chi connectivity index (χ1n) is 20.5. The molecule has 62 heavy (non-hydrogen) atoms.